The van der Waals surface area contributed by atoms with Gasteiger partial charge in [-0.05, 0) is 20.8 Å². The molecule has 1 unspecified atom stereocenters. The minimum atomic E-state index is -0.229. The topological polar surface area (TPSA) is 48.3 Å². The second-order valence-corrected chi connectivity index (χ2v) is 4.28. The maximum absolute atomic E-state index is 5.21. The molecule has 0 bridgehead atoms. The molecule has 0 radical (unpaired) electrons. The van der Waals surface area contributed by atoms with Gasteiger partial charge in [0.25, 0.3) is 0 Å². The summed E-state index contributed by atoms with van der Waals surface area (Å²) in [4.78, 5) is 0. The maximum atomic E-state index is 5.21. The number of ether oxygens (including phenoxy) is 2. The van der Waals surface area contributed by atoms with Crippen LogP contribution in [0, 0.1) is 13.8 Å². The number of aryl methyl sites for hydroxylation is 2. The smallest absolute Gasteiger partial charge is 0.171 e. The summed E-state index contributed by atoms with van der Waals surface area (Å²) >= 11 is 0. The molecule has 0 saturated carbocycles. The van der Waals surface area contributed by atoms with Gasteiger partial charge in [0.15, 0.2) is 6.29 Å². The van der Waals surface area contributed by atoms with Gasteiger partial charge in [-0.25, -0.2) is 0 Å². The van der Waals surface area contributed by atoms with Crippen LogP contribution >= 0.6 is 0 Å². The van der Waals surface area contributed by atoms with E-state index >= 15 is 0 Å². The Morgan fingerprint density at radius 2 is 1.88 bits per heavy atom. The van der Waals surface area contributed by atoms with Gasteiger partial charge in [-0.3, -0.25) is 4.68 Å². The van der Waals surface area contributed by atoms with E-state index in [0.29, 0.717) is 0 Å². The predicted octanol–water partition coefficient (Wildman–Crippen LogP) is 1.13. The van der Waals surface area contributed by atoms with Gasteiger partial charge in [0, 0.05) is 39.1 Å². The van der Waals surface area contributed by atoms with E-state index in [-0.39, 0.29) is 12.3 Å². The van der Waals surface area contributed by atoms with Crippen LogP contribution in [0.25, 0.3) is 0 Å². The van der Waals surface area contributed by atoms with Crippen molar-refractivity contribution in [1.29, 1.82) is 0 Å². The van der Waals surface area contributed by atoms with Gasteiger partial charge in [-0.15, -0.1) is 0 Å². The Hall–Kier alpha value is -0.910. The van der Waals surface area contributed by atoms with Crippen LogP contribution < -0.4 is 5.32 Å². The summed E-state index contributed by atoms with van der Waals surface area (Å²) < 4.78 is 12.3. The highest BCUT2D eigenvalue weighted by Gasteiger charge is 2.16. The van der Waals surface area contributed by atoms with Crippen molar-refractivity contribution >= 4 is 0 Å². The fourth-order valence-electron chi connectivity index (χ4n) is 1.94. The Morgan fingerprint density at radius 3 is 2.29 bits per heavy atom. The van der Waals surface area contributed by atoms with Crippen molar-refractivity contribution in [2.75, 3.05) is 14.2 Å². The number of nitrogens with zero attached hydrogens (tertiary/aromatic N) is 2. The second-order valence-electron chi connectivity index (χ2n) is 4.28. The molecule has 0 spiro atoms. The Balaban J connectivity index is 2.61. The summed E-state index contributed by atoms with van der Waals surface area (Å²) in [5, 5.41) is 7.78. The lowest BCUT2D eigenvalue weighted by atomic mass is 10.2. The van der Waals surface area contributed by atoms with Crippen LogP contribution in [-0.2, 0) is 23.1 Å². The van der Waals surface area contributed by atoms with E-state index in [9.17, 15) is 0 Å². The third kappa shape index (κ3) is 3.28. The molecule has 0 aliphatic rings. The van der Waals surface area contributed by atoms with Crippen LogP contribution in [0.5, 0.6) is 0 Å². The lowest BCUT2D eigenvalue weighted by Crippen LogP contribution is -2.39. The molecular weight excluding hydrogens is 218 g/mol. The lowest BCUT2D eigenvalue weighted by Gasteiger charge is -2.22. The lowest BCUT2D eigenvalue weighted by molar-refractivity contribution is -0.119. The fourth-order valence-corrected chi connectivity index (χ4v) is 1.94. The monoisotopic (exact) mass is 241 g/mol. The van der Waals surface area contributed by atoms with Gasteiger partial charge < -0.3 is 14.8 Å². The number of rotatable bonds is 6. The second kappa shape index (κ2) is 6.14. The first-order valence-electron chi connectivity index (χ1n) is 5.79. The van der Waals surface area contributed by atoms with E-state index in [4.69, 9.17) is 9.47 Å². The SMILES string of the molecule is COC(OC)C(C)NCc1c(C)nn(C)c1C. The standard InChI is InChI=1S/C12H23N3O2/c1-8-11(10(3)15(4)14-8)7-13-9(2)12(16-5)17-6/h9,12-13H,7H2,1-6H3. The minimum Gasteiger partial charge on any atom is -0.354 e. The fraction of sp³-hybridized carbons (Fsp3) is 0.750. The maximum Gasteiger partial charge on any atom is 0.171 e. The molecule has 5 heteroatoms. The Labute approximate surface area is 103 Å². The number of nitrogens with one attached hydrogen (secondary N) is 1. The van der Waals surface area contributed by atoms with Gasteiger partial charge in [0.1, 0.15) is 0 Å². The molecular formula is C12H23N3O2. The first-order valence-corrected chi connectivity index (χ1v) is 5.79. The van der Waals surface area contributed by atoms with E-state index in [2.05, 4.69) is 17.3 Å². The normalized spacial score (nSPS) is 13.4. The van der Waals surface area contributed by atoms with E-state index in [1.165, 1.54) is 11.3 Å². The zero-order chi connectivity index (χ0) is 13.0. The van der Waals surface area contributed by atoms with E-state index in [1.807, 2.05) is 25.6 Å². The quantitative estimate of drug-likeness (QED) is 0.759. The third-order valence-electron chi connectivity index (χ3n) is 3.13. The summed E-state index contributed by atoms with van der Waals surface area (Å²) in [6, 6.07) is 0.129. The highest BCUT2D eigenvalue weighted by molar-refractivity contribution is 5.24. The summed E-state index contributed by atoms with van der Waals surface area (Å²) in [5.41, 5.74) is 3.50. The molecule has 0 fully saturated rings. The van der Waals surface area contributed by atoms with Crippen molar-refractivity contribution in [3.05, 3.63) is 17.0 Å². The van der Waals surface area contributed by atoms with Gasteiger partial charge in [-0.1, -0.05) is 0 Å². The number of methoxy groups -OCH3 is 2. The average Bonchev–Trinajstić information content (AvgIpc) is 2.53. The Kier molecular flexibility index (Phi) is 5.11. The Bertz CT molecular complexity index is 359. The van der Waals surface area contributed by atoms with Crippen LogP contribution in [0.1, 0.15) is 23.9 Å². The van der Waals surface area contributed by atoms with Crippen molar-refractivity contribution < 1.29 is 9.47 Å². The average molecular weight is 241 g/mol. The molecule has 0 saturated heterocycles. The van der Waals surface area contributed by atoms with E-state index in [1.54, 1.807) is 14.2 Å². The zero-order valence-electron chi connectivity index (χ0n) is 11.6. The van der Waals surface area contributed by atoms with Crippen molar-refractivity contribution in [2.24, 2.45) is 7.05 Å². The predicted molar refractivity (Wildman–Crippen MR) is 66.8 cm³/mol. The zero-order valence-corrected chi connectivity index (χ0v) is 11.6. The highest BCUT2D eigenvalue weighted by Crippen LogP contribution is 2.12. The molecule has 1 heterocycles. The molecule has 1 atom stereocenters. The molecule has 98 valence electrons. The van der Waals surface area contributed by atoms with Crippen molar-refractivity contribution in [1.82, 2.24) is 15.1 Å². The van der Waals surface area contributed by atoms with Crippen LogP contribution in [0.2, 0.25) is 0 Å². The Morgan fingerprint density at radius 1 is 1.29 bits per heavy atom. The largest absolute Gasteiger partial charge is 0.354 e. The molecule has 5 nitrogen and oxygen atoms in total. The first kappa shape index (κ1) is 14.2. The van der Waals surface area contributed by atoms with Crippen LogP contribution in [-0.4, -0.2) is 36.3 Å². The van der Waals surface area contributed by atoms with Gasteiger partial charge in [0.05, 0.1) is 11.7 Å². The third-order valence-corrected chi connectivity index (χ3v) is 3.13. The number of hydrogen-bond donors (Lipinski definition) is 1. The van der Waals surface area contributed by atoms with Crippen molar-refractivity contribution in [3.63, 3.8) is 0 Å². The molecule has 1 aromatic heterocycles. The molecule has 0 aromatic carbocycles. The van der Waals surface area contributed by atoms with Crippen LogP contribution in [0.3, 0.4) is 0 Å². The van der Waals surface area contributed by atoms with Crippen LogP contribution in [0.4, 0.5) is 0 Å². The number of hydrogen-bond acceptors (Lipinski definition) is 4. The number of aromatic nitrogens is 2. The minimum absolute atomic E-state index is 0.129. The molecule has 0 aliphatic carbocycles. The van der Waals surface area contributed by atoms with E-state index < -0.39 is 0 Å². The molecule has 1 aromatic rings. The van der Waals surface area contributed by atoms with Crippen LogP contribution in [0.15, 0.2) is 0 Å². The summed E-state index contributed by atoms with van der Waals surface area (Å²) in [6.07, 6.45) is -0.229. The summed E-state index contributed by atoms with van der Waals surface area (Å²) in [6.45, 7) is 6.92. The van der Waals surface area contributed by atoms with Crippen molar-refractivity contribution in [2.45, 2.75) is 39.6 Å². The van der Waals surface area contributed by atoms with Crippen molar-refractivity contribution in [3.8, 4) is 0 Å². The summed E-state index contributed by atoms with van der Waals surface area (Å²) in [7, 11) is 5.25. The van der Waals surface area contributed by atoms with Gasteiger partial charge >= 0.3 is 0 Å². The first-order chi connectivity index (χ1) is 8.01. The molecule has 1 rings (SSSR count). The molecule has 0 aliphatic heterocycles. The molecule has 1 N–H and O–H groups in total. The van der Waals surface area contributed by atoms with E-state index in [0.717, 1.165) is 12.2 Å². The van der Waals surface area contributed by atoms with Gasteiger partial charge in [-0.2, -0.15) is 5.10 Å². The summed E-state index contributed by atoms with van der Waals surface area (Å²) in [5.74, 6) is 0. The molecule has 17 heavy (non-hydrogen) atoms. The van der Waals surface area contributed by atoms with Gasteiger partial charge in [0.2, 0.25) is 0 Å². The highest BCUT2D eigenvalue weighted by atomic mass is 16.7. The molecule has 0 amide bonds.